The minimum atomic E-state index is -1.11. The van der Waals surface area contributed by atoms with Crippen LogP contribution in [0, 0.1) is 28.6 Å². The monoisotopic (exact) mass is 577 g/mol. The first-order valence-corrected chi connectivity index (χ1v) is 15.6. The second-order valence-corrected chi connectivity index (χ2v) is 13.9. The van der Waals surface area contributed by atoms with E-state index in [-0.39, 0.29) is 54.8 Å². The molecule has 0 spiro atoms. The van der Waals surface area contributed by atoms with Crippen LogP contribution in [0.5, 0.6) is 0 Å². The normalized spacial score (nSPS) is 51.6. The van der Waals surface area contributed by atoms with Gasteiger partial charge in [-0.25, -0.2) is 4.79 Å². The average molecular weight is 578 g/mol. The van der Waals surface area contributed by atoms with Crippen molar-refractivity contribution in [1.29, 1.82) is 0 Å². The number of ether oxygens (including phenoxy) is 3. The molecule has 5 fully saturated rings. The predicted molar refractivity (Wildman–Crippen MR) is 148 cm³/mol. The molecule has 230 valence electrons. The van der Waals surface area contributed by atoms with Crippen molar-refractivity contribution in [3.05, 3.63) is 11.6 Å². The van der Waals surface area contributed by atoms with E-state index < -0.39 is 41.2 Å². The Balaban J connectivity index is 1.26. The molecule has 4 saturated carbocycles. The lowest BCUT2D eigenvalue weighted by atomic mass is 9.41. The van der Waals surface area contributed by atoms with Crippen LogP contribution in [-0.4, -0.2) is 99.4 Å². The summed E-state index contributed by atoms with van der Waals surface area (Å²) in [6, 6.07) is 0. The maximum Gasteiger partial charge on any atom is 0.331 e. The van der Waals surface area contributed by atoms with Crippen molar-refractivity contribution in [3.63, 3.8) is 0 Å². The van der Waals surface area contributed by atoms with Gasteiger partial charge in [-0.15, -0.1) is 0 Å². The van der Waals surface area contributed by atoms with E-state index in [1.807, 2.05) is 6.21 Å². The number of nitrogens with zero attached hydrogens (tertiary/aromatic N) is 1. The minimum absolute atomic E-state index is 0.0137. The highest BCUT2D eigenvalue weighted by atomic mass is 16.7. The zero-order chi connectivity index (χ0) is 29.2. The molecule has 0 unspecified atom stereocenters. The first-order valence-electron chi connectivity index (χ1n) is 15.6. The second-order valence-electron chi connectivity index (χ2n) is 13.9. The molecule has 10 nitrogen and oxygen atoms in total. The van der Waals surface area contributed by atoms with Gasteiger partial charge in [-0.2, -0.15) is 0 Å². The van der Waals surface area contributed by atoms with Gasteiger partial charge in [0.1, 0.15) is 12.7 Å². The third kappa shape index (κ3) is 4.55. The van der Waals surface area contributed by atoms with Crippen LogP contribution >= 0.6 is 0 Å². The molecule has 10 heteroatoms. The number of hydrogen-bond acceptors (Lipinski definition) is 10. The molecule has 1 saturated heterocycles. The molecule has 12 atom stereocenters. The summed E-state index contributed by atoms with van der Waals surface area (Å²) < 4.78 is 17.4. The van der Waals surface area contributed by atoms with Gasteiger partial charge < -0.3 is 39.7 Å². The van der Waals surface area contributed by atoms with E-state index in [2.05, 4.69) is 11.9 Å². The summed E-state index contributed by atoms with van der Waals surface area (Å²) in [5.74, 6) is -0.218. The first-order chi connectivity index (χ1) is 19.5. The number of aliphatic imine (C=N–C) groups is 1. The van der Waals surface area contributed by atoms with E-state index in [0.717, 1.165) is 24.8 Å². The molecule has 0 radical (unpaired) electrons. The number of carbonyl (C=O) groups is 1. The van der Waals surface area contributed by atoms with Crippen LogP contribution in [0.4, 0.5) is 0 Å². The maximum absolute atomic E-state index is 12.6. The van der Waals surface area contributed by atoms with Crippen molar-refractivity contribution >= 4 is 12.2 Å². The van der Waals surface area contributed by atoms with Gasteiger partial charge in [-0.05, 0) is 81.6 Å². The zero-order valence-corrected chi connectivity index (χ0v) is 24.3. The Morgan fingerprint density at radius 1 is 1.10 bits per heavy atom. The zero-order valence-electron chi connectivity index (χ0n) is 24.3. The molecule has 0 aromatic heterocycles. The number of rotatable bonds is 6. The number of carbonyl (C=O) groups excluding carboxylic acids is 1. The summed E-state index contributed by atoms with van der Waals surface area (Å²) in [7, 11) is 0. The van der Waals surface area contributed by atoms with Crippen molar-refractivity contribution in [2.45, 2.75) is 120 Å². The summed E-state index contributed by atoms with van der Waals surface area (Å²) in [6.45, 7) is 4.39. The summed E-state index contributed by atoms with van der Waals surface area (Å²) >= 11 is 0. The molecule has 6 rings (SSSR count). The molecule has 5 N–H and O–H groups in total. The lowest BCUT2D eigenvalue weighted by molar-refractivity contribution is -0.282. The van der Waals surface area contributed by atoms with E-state index in [4.69, 9.17) is 14.2 Å². The standard InChI is InChI=1S/C31H47NO9/c1-18-27(36)24(34)14-26(40-18)41-20-3-8-29(17-32-11-12-33)22-4-7-28(2)21(19-13-25(35)39-16-19)6-10-31(28,38)23(22)5-9-30(29,37)15-20/h13,17-18,20-24,26-27,33-34,36-38H,3-12,14-16H2,1-2H3/t18-,20+,21-,22+,23-,24+,26+,27-,28-,29+,30+,31+/m1/s1. The maximum atomic E-state index is 12.6. The van der Waals surface area contributed by atoms with E-state index in [9.17, 15) is 30.3 Å². The lowest BCUT2D eigenvalue weighted by Gasteiger charge is -2.66. The topological polar surface area (TPSA) is 158 Å². The highest BCUT2D eigenvalue weighted by molar-refractivity contribution is 5.85. The highest BCUT2D eigenvalue weighted by Gasteiger charge is 2.71. The number of esters is 1. The summed E-state index contributed by atoms with van der Waals surface area (Å²) in [4.78, 5) is 16.5. The van der Waals surface area contributed by atoms with Crippen LogP contribution in [-0.2, 0) is 19.0 Å². The van der Waals surface area contributed by atoms with E-state index in [1.54, 1.807) is 13.0 Å². The SMILES string of the molecule is C[C@H]1O[C@@H](O[C@H]2CC[C@]3(C=NCCO)[C@H]4CC[C@]5(C)[C@@H](C6=CC(=O)OC6)CC[C@]5(O)[C@@H]4CC[C@]3(O)C2)C[C@H](O)[C@@H]1O. The molecule has 0 aromatic rings. The van der Waals surface area contributed by atoms with E-state index in [1.165, 1.54) is 0 Å². The van der Waals surface area contributed by atoms with Gasteiger partial charge in [-0.1, -0.05) is 6.92 Å². The number of aliphatic hydroxyl groups excluding tert-OH is 3. The van der Waals surface area contributed by atoms with Crippen LogP contribution in [0.1, 0.15) is 78.1 Å². The summed E-state index contributed by atoms with van der Waals surface area (Å²) in [6.07, 6.45) is 6.25. The van der Waals surface area contributed by atoms with Crippen LogP contribution in [0.3, 0.4) is 0 Å². The predicted octanol–water partition coefficient (Wildman–Crippen LogP) is 1.64. The molecule has 4 aliphatic carbocycles. The number of fused-ring (bicyclic) bond motifs is 5. The first kappa shape index (κ1) is 29.7. The van der Waals surface area contributed by atoms with Crippen molar-refractivity contribution in [2.75, 3.05) is 19.8 Å². The van der Waals surface area contributed by atoms with Crippen LogP contribution < -0.4 is 0 Å². The Morgan fingerprint density at radius 2 is 1.88 bits per heavy atom. The molecule has 2 heterocycles. The van der Waals surface area contributed by atoms with Crippen LogP contribution in [0.2, 0.25) is 0 Å². The Morgan fingerprint density at radius 3 is 2.59 bits per heavy atom. The second kappa shape index (κ2) is 10.6. The van der Waals surface area contributed by atoms with Gasteiger partial charge in [0, 0.05) is 36.0 Å². The fourth-order valence-corrected chi connectivity index (χ4v) is 10.1. The third-order valence-corrected chi connectivity index (χ3v) is 12.2. The fraction of sp³-hybridized carbons (Fsp3) is 0.871. The molecule has 6 aliphatic rings. The van der Waals surface area contributed by atoms with Gasteiger partial charge in [-0.3, -0.25) is 4.99 Å². The number of aliphatic hydroxyl groups is 5. The van der Waals surface area contributed by atoms with E-state index >= 15 is 0 Å². The summed E-state index contributed by atoms with van der Waals surface area (Å²) in [5, 5.41) is 54.8. The van der Waals surface area contributed by atoms with Crippen molar-refractivity contribution < 1.29 is 44.5 Å². The van der Waals surface area contributed by atoms with Crippen molar-refractivity contribution in [3.8, 4) is 0 Å². The van der Waals surface area contributed by atoms with Gasteiger partial charge in [0.15, 0.2) is 6.29 Å². The average Bonchev–Trinajstić information content (AvgIpc) is 3.47. The van der Waals surface area contributed by atoms with Gasteiger partial charge in [0.05, 0.1) is 42.7 Å². The molecular formula is C31H47NO9. The van der Waals surface area contributed by atoms with Gasteiger partial charge >= 0.3 is 5.97 Å². The number of hydrogen-bond donors (Lipinski definition) is 5. The van der Waals surface area contributed by atoms with E-state index in [0.29, 0.717) is 45.1 Å². The minimum Gasteiger partial charge on any atom is -0.458 e. The lowest BCUT2D eigenvalue weighted by Crippen LogP contribution is -2.69. The van der Waals surface area contributed by atoms with Crippen LogP contribution in [0.15, 0.2) is 16.6 Å². The Bertz CT molecular complexity index is 1070. The Hall–Kier alpha value is -1.40. The molecule has 2 aliphatic heterocycles. The van der Waals surface area contributed by atoms with Crippen molar-refractivity contribution in [2.24, 2.45) is 33.6 Å². The third-order valence-electron chi connectivity index (χ3n) is 12.2. The highest BCUT2D eigenvalue weighted by Crippen LogP contribution is 2.70. The largest absolute Gasteiger partial charge is 0.458 e. The molecule has 0 amide bonds. The van der Waals surface area contributed by atoms with Crippen molar-refractivity contribution in [1.82, 2.24) is 0 Å². The molecule has 0 aromatic carbocycles. The van der Waals surface area contributed by atoms with Gasteiger partial charge in [0.25, 0.3) is 0 Å². The smallest absolute Gasteiger partial charge is 0.331 e. The van der Waals surface area contributed by atoms with Crippen LogP contribution in [0.25, 0.3) is 0 Å². The number of cyclic esters (lactones) is 1. The molecular weight excluding hydrogens is 530 g/mol. The molecule has 41 heavy (non-hydrogen) atoms. The quantitative estimate of drug-likeness (QED) is 0.180. The Labute approximate surface area is 241 Å². The summed E-state index contributed by atoms with van der Waals surface area (Å²) in [5.41, 5.74) is -2.09. The Kier molecular flexibility index (Phi) is 7.70. The van der Waals surface area contributed by atoms with Gasteiger partial charge in [0.2, 0.25) is 0 Å². The fourth-order valence-electron chi connectivity index (χ4n) is 10.1. The molecule has 0 bridgehead atoms.